The fourth-order valence-electron chi connectivity index (χ4n) is 8.24. The molecule has 2 unspecified atom stereocenters. The fraction of sp³-hybridized carbons (Fsp3) is 0.500. The summed E-state index contributed by atoms with van der Waals surface area (Å²) in [5.74, 6) is -1.89. The standard InChI is InChI=1S/C38H48N4O7/c1-4-18-40(21-20-39-22-24-47-25-23-39)37(46)34-38-17-16-31(49-38)32(33(38)36(45)42(34)30(26-43)27-10-8-7-9-11-27)35(44)41(19-5-2)28-12-14-29(15-13-28)48-6-3/h4-5,7-15,30-34,43H,1-2,6,16-26H2,3H3/t30-,31+,32-,33+,34?,38?/m1/s1. The van der Waals surface area contributed by atoms with Gasteiger partial charge in [-0.2, -0.15) is 0 Å². The van der Waals surface area contributed by atoms with E-state index in [4.69, 9.17) is 14.2 Å². The Bertz CT molecular complexity index is 1500. The van der Waals surface area contributed by atoms with Crippen LogP contribution in [0.2, 0.25) is 0 Å². The number of morpholine rings is 1. The van der Waals surface area contributed by atoms with Gasteiger partial charge < -0.3 is 34.0 Å². The first kappa shape index (κ1) is 34.8. The highest BCUT2D eigenvalue weighted by Crippen LogP contribution is 2.60. The van der Waals surface area contributed by atoms with Crippen molar-refractivity contribution in [2.45, 2.75) is 43.6 Å². The quantitative estimate of drug-likeness (QED) is 0.288. The molecule has 1 spiro atoms. The first-order valence-corrected chi connectivity index (χ1v) is 17.4. The molecule has 2 aromatic carbocycles. The van der Waals surface area contributed by atoms with E-state index in [1.807, 2.05) is 61.5 Å². The van der Waals surface area contributed by atoms with Crippen LogP contribution in [0.3, 0.4) is 0 Å². The zero-order valence-electron chi connectivity index (χ0n) is 28.3. The van der Waals surface area contributed by atoms with Crippen molar-refractivity contribution in [1.29, 1.82) is 0 Å². The Morgan fingerprint density at radius 2 is 1.78 bits per heavy atom. The highest BCUT2D eigenvalue weighted by molar-refractivity contribution is 6.03. The number of amides is 3. The molecule has 4 fully saturated rings. The van der Waals surface area contributed by atoms with Gasteiger partial charge in [-0.25, -0.2) is 0 Å². The topological polar surface area (TPSA) is 112 Å². The Morgan fingerprint density at radius 3 is 2.43 bits per heavy atom. The van der Waals surface area contributed by atoms with Crippen LogP contribution in [0, 0.1) is 11.8 Å². The minimum Gasteiger partial charge on any atom is -0.494 e. The van der Waals surface area contributed by atoms with Crippen LogP contribution in [0.25, 0.3) is 0 Å². The van der Waals surface area contributed by atoms with E-state index < -0.39 is 42.2 Å². The predicted octanol–water partition coefficient (Wildman–Crippen LogP) is 3.06. The van der Waals surface area contributed by atoms with Crippen LogP contribution >= 0.6 is 0 Å². The van der Waals surface area contributed by atoms with Crippen molar-refractivity contribution >= 4 is 23.4 Å². The summed E-state index contributed by atoms with van der Waals surface area (Å²) >= 11 is 0. The maximum Gasteiger partial charge on any atom is 0.248 e. The summed E-state index contributed by atoms with van der Waals surface area (Å²) in [6.45, 7) is 14.3. The van der Waals surface area contributed by atoms with Crippen molar-refractivity contribution in [1.82, 2.24) is 14.7 Å². The van der Waals surface area contributed by atoms with Gasteiger partial charge in [-0.3, -0.25) is 19.3 Å². The number of benzene rings is 2. The van der Waals surface area contributed by atoms with Gasteiger partial charge in [-0.05, 0) is 49.6 Å². The van der Waals surface area contributed by atoms with Crippen LogP contribution in [0.5, 0.6) is 5.75 Å². The number of ether oxygens (including phenoxy) is 3. The van der Waals surface area contributed by atoms with Crippen molar-refractivity contribution < 1.29 is 33.7 Å². The van der Waals surface area contributed by atoms with E-state index in [1.54, 1.807) is 22.0 Å². The maximum absolute atomic E-state index is 14.9. The number of aliphatic hydroxyl groups excluding tert-OH is 1. The van der Waals surface area contributed by atoms with E-state index in [0.29, 0.717) is 62.8 Å². The Balaban J connectivity index is 1.37. The van der Waals surface area contributed by atoms with E-state index in [0.717, 1.165) is 13.1 Å². The lowest BCUT2D eigenvalue weighted by Crippen LogP contribution is -2.58. The molecular formula is C38H48N4O7. The number of aliphatic hydroxyl groups is 1. The van der Waals surface area contributed by atoms with Gasteiger partial charge in [-0.1, -0.05) is 42.5 Å². The zero-order chi connectivity index (χ0) is 34.5. The van der Waals surface area contributed by atoms with Crippen LogP contribution < -0.4 is 9.64 Å². The highest BCUT2D eigenvalue weighted by Gasteiger charge is 2.75. The first-order chi connectivity index (χ1) is 23.9. The second-order valence-electron chi connectivity index (χ2n) is 13.1. The van der Waals surface area contributed by atoms with Gasteiger partial charge in [0.15, 0.2) is 0 Å². The number of anilines is 1. The molecule has 262 valence electrons. The number of hydrogen-bond donors (Lipinski definition) is 1. The molecule has 0 aromatic heterocycles. The number of rotatable bonds is 15. The Hall–Kier alpha value is -4.03. The van der Waals surface area contributed by atoms with E-state index in [1.165, 1.54) is 4.90 Å². The van der Waals surface area contributed by atoms with Gasteiger partial charge in [0.1, 0.15) is 17.4 Å². The first-order valence-electron chi connectivity index (χ1n) is 17.4. The predicted molar refractivity (Wildman–Crippen MR) is 185 cm³/mol. The summed E-state index contributed by atoms with van der Waals surface area (Å²) in [5.41, 5.74) is 0.132. The lowest BCUT2D eigenvalue weighted by molar-refractivity contribution is -0.151. The third-order valence-electron chi connectivity index (χ3n) is 10.4. The highest BCUT2D eigenvalue weighted by atomic mass is 16.5. The molecule has 3 amide bonds. The van der Waals surface area contributed by atoms with E-state index >= 15 is 0 Å². The van der Waals surface area contributed by atoms with Gasteiger partial charge in [0.05, 0.1) is 50.4 Å². The van der Waals surface area contributed by atoms with Crippen molar-refractivity contribution in [3.63, 3.8) is 0 Å². The smallest absolute Gasteiger partial charge is 0.248 e. The minimum absolute atomic E-state index is 0.230. The SMILES string of the molecule is C=CCN(CCN1CCOCC1)C(=O)C1N([C@H](CO)c2ccccc2)C(=O)[C@@H]2[C@H](C(=O)N(CC=C)c3ccc(OCC)cc3)[C@@H]3CCC12O3. The summed E-state index contributed by atoms with van der Waals surface area (Å²) < 4.78 is 17.9. The summed E-state index contributed by atoms with van der Waals surface area (Å²) in [7, 11) is 0. The van der Waals surface area contributed by atoms with E-state index in [9.17, 15) is 19.5 Å². The third kappa shape index (κ3) is 6.52. The molecule has 4 saturated heterocycles. The molecule has 0 aliphatic carbocycles. The number of carbonyl (C=O) groups excluding carboxylic acids is 3. The summed E-state index contributed by atoms with van der Waals surface area (Å²) in [4.78, 5) is 51.6. The molecule has 2 aromatic rings. The molecule has 0 radical (unpaired) electrons. The number of fused-ring (bicyclic) bond motifs is 1. The summed E-state index contributed by atoms with van der Waals surface area (Å²) in [6, 6.07) is 14.7. The maximum atomic E-state index is 14.9. The van der Waals surface area contributed by atoms with Crippen LogP contribution in [0.1, 0.15) is 31.4 Å². The number of hydrogen-bond acceptors (Lipinski definition) is 8. The average Bonchev–Trinajstić information content (AvgIpc) is 3.78. The van der Waals surface area contributed by atoms with Gasteiger partial charge in [0, 0.05) is 45.0 Å². The fourth-order valence-corrected chi connectivity index (χ4v) is 8.24. The van der Waals surface area contributed by atoms with Crippen LogP contribution in [-0.2, 0) is 23.9 Å². The molecule has 49 heavy (non-hydrogen) atoms. The molecule has 2 bridgehead atoms. The second kappa shape index (κ2) is 15.2. The largest absolute Gasteiger partial charge is 0.494 e. The summed E-state index contributed by atoms with van der Waals surface area (Å²) in [5, 5.41) is 10.9. The second-order valence-corrected chi connectivity index (χ2v) is 13.1. The molecule has 4 heterocycles. The van der Waals surface area contributed by atoms with Gasteiger partial charge in [-0.15, -0.1) is 13.2 Å². The van der Waals surface area contributed by atoms with Crippen LogP contribution in [0.4, 0.5) is 5.69 Å². The van der Waals surface area contributed by atoms with Crippen molar-refractivity contribution in [2.24, 2.45) is 11.8 Å². The number of carbonyl (C=O) groups is 3. The van der Waals surface area contributed by atoms with E-state index in [2.05, 4.69) is 18.1 Å². The van der Waals surface area contributed by atoms with Crippen molar-refractivity contribution in [2.75, 3.05) is 70.6 Å². The minimum atomic E-state index is -1.22. The summed E-state index contributed by atoms with van der Waals surface area (Å²) in [6.07, 6.45) is 3.81. The number of likely N-dealkylation sites (tertiary alicyclic amines) is 1. The Labute approximate surface area is 288 Å². The lowest BCUT2D eigenvalue weighted by Gasteiger charge is -2.40. The monoisotopic (exact) mass is 672 g/mol. The van der Waals surface area contributed by atoms with Crippen LogP contribution in [-0.4, -0.2) is 121 Å². The molecule has 4 aliphatic heterocycles. The number of nitrogens with zero attached hydrogens (tertiary/aromatic N) is 4. The lowest BCUT2D eigenvalue weighted by atomic mass is 9.70. The van der Waals surface area contributed by atoms with Crippen LogP contribution in [0.15, 0.2) is 79.9 Å². The van der Waals surface area contributed by atoms with Gasteiger partial charge >= 0.3 is 0 Å². The third-order valence-corrected chi connectivity index (χ3v) is 10.4. The zero-order valence-corrected chi connectivity index (χ0v) is 28.3. The van der Waals surface area contributed by atoms with Gasteiger partial charge in [0.25, 0.3) is 0 Å². The molecule has 6 rings (SSSR count). The van der Waals surface area contributed by atoms with E-state index in [-0.39, 0.29) is 30.8 Å². The van der Waals surface area contributed by atoms with Crippen molar-refractivity contribution in [3.8, 4) is 5.75 Å². The molecule has 11 heteroatoms. The molecule has 4 aliphatic rings. The molecule has 1 N–H and O–H groups in total. The molecule has 11 nitrogen and oxygen atoms in total. The molecule has 6 atom stereocenters. The average molecular weight is 673 g/mol. The Morgan fingerprint density at radius 1 is 1.06 bits per heavy atom. The normalized spacial score (nSPS) is 26.7. The van der Waals surface area contributed by atoms with Crippen molar-refractivity contribution in [3.05, 3.63) is 85.5 Å². The molecular weight excluding hydrogens is 624 g/mol. The molecule has 0 saturated carbocycles. The Kier molecular flexibility index (Phi) is 10.8. The van der Waals surface area contributed by atoms with Gasteiger partial charge in [0.2, 0.25) is 17.7 Å².